The first-order valence-electron chi connectivity index (χ1n) is 5.74. The second kappa shape index (κ2) is 5.30. The molecule has 0 bridgehead atoms. The standard InChI is InChI=1S/C13H20FNO/c1-5-15(6-2)13-7-9(3)12(14)8-11(13)10(4)16/h7-8,10,16H,5-6H2,1-4H3. The number of rotatable bonds is 4. The minimum Gasteiger partial charge on any atom is -0.389 e. The second-order valence-electron chi connectivity index (χ2n) is 4.01. The van der Waals surface area contributed by atoms with E-state index in [1.807, 2.05) is 19.9 Å². The zero-order valence-corrected chi connectivity index (χ0v) is 10.4. The molecule has 1 aromatic carbocycles. The molecule has 1 unspecified atom stereocenters. The number of aliphatic hydroxyl groups is 1. The Hall–Kier alpha value is -1.09. The number of hydrogen-bond donors (Lipinski definition) is 1. The van der Waals surface area contributed by atoms with Gasteiger partial charge in [0, 0.05) is 24.3 Å². The van der Waals surface area contributed by atoms with Gasteiger partial charge in [0.25, 0.3) is 0 Å². The van der Waals surface area contributed by atoms with Gasteiger partial charge in [-0.05, 0) is 45.4 Å². The zero-order valence-electron chi connectivity index (χ0n) is 10.4. The lowest BCUT2D eigenvalue weighted by atomic mass is 10.0. The van der Waals surface area contributed by atoms with Gasteiger partial charge >= 0.3 is 0 Å². The van der Waals surface area contributed by atoms with E-state index >= 15 is 0 Å². The van der Waals surface area contributed by atoms with Crippen LogP contribution in [0.25, 0.3) is 0 Å². The van der Waals surface area contributed by atoms with E-state index in [4.69, 9.17) is 0 Å². The van der Waals surface area contributed by atoms with Crippen molar-refractivity contribution < 1.29 is 9.50 Å². The highest BCUT2D eigenvalue weighted by molar-refractivity contribution is 5.56. The van der Waals surface area contributed by atoms with E-state index < -0.39 is 6.10 Å². The Morgan fingerprint density at radius 3 is 2.31 bits per heavy atom. The van der Waals surface area contributed by atoms with Gasteiger partial charge in [0.15, 0.2) is 0 Å². The molecule has 0 saturated carbocycles. The van der Waals surface area contributed by atoms with Crippen LogP contribution < -0.4 is 4.90 Å². The van der Waals surface area contributed by atoms with Crippen molar-refractivity contribution in [2.75, 3.05) is 18.0 Å². The van der Waals surface area contributed by atoms with Crippen LogP contribution in [0.3, 0.4) is 0 Å². The number of nitrogens with zero attached hydrogens (tertiary/aromatic N) is 1. The molecular formula is C13H20FNO. The molecule has 0 spiro atoms. The van der Waals surface area contributed by atoms with Crippen LogP contribution in [0.5, 0.6) is 0 Å². The molecule has 1 aromatic rings. The van der Waals surface area contributed by atoms with Crippen molar-refractivity contribution in [3.8, 4) is 0 Å². The summed E-state index contributed by atoms with van der Waals surface area (Å²) in [6.07, 6.45) is -0.648. The predicted octanol–water partition coefficient (Wildman–Crippen LogP) is 3.03. The van der Waals surface area contributed by atoms with E-state index in [1.165, 1.54) is 6.07 Å². The largest absolute Gasteiger partial charge is 0.389 e. The summed E-state index contributed by atoms with van der Waals surface area (Å²) in [7, 11) is 0. The Morgan fingerprint density at radius 1 is 1.31 bits per heavy atom. The van der Waals surface area contributed by atoms with Crippen LogP contribution >= 0.6 is 0 Å². The van der Waals surface area contributed by atoms with Crippen LogP contribution in [0.1, 0.15) is 38.0 Å². The summed E-state index contributed by atoms with van der Waals surface area (Å²) >= 11 is 0. The Morgan fingerprint density at radius 2 is 1.88 bits per heavy atom. The highest BCUT2D eigenvalue weighted by Crippen LogP contribution is 2.29. The van der Waals surface area contributed by atoms with Crippen molar-refractivity contribution in [3.05, 3.63) is 29.1 Å². The molecule has 0 fully saturated rings. The van der Waals surface area contributed by atoms with Crippen molar-refractivity contribution in [2.45, 2.75) is 33.8 Å². The highest BCUT2D eigenvalue weighted by Gasteiger charge is 2.15. The van der Waals surface area contributed by atoms with Gasteiger partial charge in [-0.25, -0.2) is 4.39 Å². The van der Waals surface area contributed by atoms with Gasteiger partial charge in [-0.3, -0.25) is 0 Å². The molecule has 1 rings (SSSR count). The monoisotopic (exact) mass is 225 g/mol. The Balaban J connectivity index is 3.29. The maximum Gasteiger partial charge on any atom is 0.126 e. The fourth-order valence-electron chi connectivity index (χ4n) is 1.85. The van der Waals surface area contributed by atoms with Gasteiger partial charge < -0.3 is 10.0 Å². The van der Waals surface area contributed by atoms with Gasteiger partial charge in [-0.15, -0.1) is 0 Å². The third-order valence-electron chi connectivity index (χ3n) is 2.86. The lowest BCUT2D eigenvalue weighted by molar-refractivity contribution is 0.199. The summed E-state index contributed by atoms with van der Waals surface area (Å²) in [6.45, 7) is 9.20. The molecule has 1 N–H and O–H groups in total. The fourth-order valence-corrected chi connectivity index (χ4v) is 1.85. The average molecular weight is 225 g/mol. The predicted molar refractivity (Wildman–Crippen MR) is 65.3 cm³/mol. The molecule has 0 amide bonds. The topological polar surface area (TPSA) is 23.5 Å². The highest BCUT2D eigenvalue weighted by atomic mass is 19.1. The number of aryl methyl sites for hydroxylation is 1. The van der Waals surface area contributed by atoms with Gasteiger partial charge in [-0.2, -0.15) is 0 Å². The van der Waals surface area contributed by atoms with E-state index in [0.717, 1.165) is 18.8 Å². The normalized spacial score (nSPS) is 12.6. The van der Waals surface area contributed by atoms with Crippen molar-refractivity contribution in [1.82, 2.24) is 0 Å². The Labute approximate surface area is 96.7 Å². The molecule has 16 heavy (non-hydrogen) atoms. The van der Waals surface area contributed by atoms with Crippen LogP contribution in [0.4, 0.5) is 10.1 Å². The summed E-state index contributed by atoms with van der Waals surface area (Å²) in [4.78, 5) is 2.12. The molecule has 2 nitrogen and oxygen atoms in total. The van der Waals surface area contributed by atoms with Gasteiger partial charge in [0.05, 0.1) is 6.10 Å². The summed E-state index contributed by atoms with van der Waals surface area (Å²) in [6, 6.07) is 3.25. The summed E-state index contributed by atoms with van der Waals surface area (Å²) < 4.78 is 13.5. The number of benzene rings is 1. The van der Waals surface area contributed by atoms with Gasteiger partial charge in [0.1, 0.15) is 5.82 Å². The van der Waals surface area contributed by atoms with Crippen LogP contribution in [-0.2, 0) is 0 Å². The lowest BCUT2D eigenvalue weighted by Gasteiger charge is -2.26. The van der Waals surface area contributed by atoms with E-state index in [2.05, 4.69) is 4.90 Å². The smallest absolute Gasteiger partial charge is 0.126 e. The second-order valence-corrected chi connectivity index (χ2v) is 4.01. The molecule has 3 heteroatoms. The number of halogens is 1. The summed E-state index contributed by atoms with van der Waals surface area (Å²) in [5.74, 6) is -0.258. The van der Waals surface area contributed by atoms with E-state index in [-0.39, 0.29) is 5.82 Å². The van der Waals surface area contributed by atoms with Crippen LogP contribution in [0.2, 0.25) is 0 Å². The van der Waals surface area contributed by atoms with Crippen molar-refractivity contribution in [1.29, 1.82) is 0 Å². The molecule has 0 aliphatic heterocycles. The van der Waals surface area contributed by atoms with Crippen LogP contribution in [0, 0.1) is 12.7 Å². The molecule has 0 saturated heterocycles. The quantitative estimate of drug-likeness (QED) is 0.851. The molecule has 90 valence electrons. The molecule has 0 heterocycles. The minimum atomic E-state index is -0.648. The maximum atomic E-state index is 13.5. The van der Waals surface area contributed by atoms with E-state index in [0.29, 0.717) is 11.1 Å². The van der Waals surface area contributed by atoms with Crippen molar-refractivity contribution in [2.24, 2.45) is 0 Å². The number of hydrogen-bond acceptors (Lipinski definition) is 2. The SMILES string of the molecule is CCN(CC)c1cc(C)c(F)cc1C(C)O. The van der Waals surface area contributed by atoms with E-state index in [1.54, 1.807) is 13.8 Å². The molecule has 0 aromatic heterocycles. The van der Waals surface area contributed by atoms with E-state index in [9.17, 15) is 9.50 Å². The number of aliphatic hydroxyl groups excluding tert-OH is 1. The fraction of sp³-hybridized carbons (Fsp3) is 0.538. The molecule has 0 radical (unpaired) electrons. The summed E-state index contributed by atoms with van der Waals surface area (Å²) in [5.41, 5.74) is 2.21. The van der Waals surface area contributed by atoms with Crippen LogP contribution in [-0.4, -0.2) is 18.2 Å². The Kier molecular flexibility index (Phi) is 4.30. The average Bonchev–Trinajstić information content (AvgIpc) is 2.24. The Bertz CT molecular complexity index is 359. The zero-order chi connectivity index (χ0) is 12.3. The lowest BCUT2D eigenvalue weighted by Crippen LogP contribution is -2.24. The van der Waals surface area contributed by atoms with Gasteiger partial charge in [-0.1, -0.05) is 0 Å². The van der Waals surface area contributed by atoms with Gasteiger partial charge in [0.2, 0.25) is 0 Å². The summed E-state index contributed by atoms with van der Waals surface area (Å²) in [5, 5.41) is 9.67. The number of anilines is 1. The maximum absolute atomic E-state index is 13.5. The van der Waals surface area contributed by atoms with Crippen LogP contribution in [0.15, 0.2) is 12.1 Å². The third kappa shape index (κ3) is 2.53. The van der Waals surface area contributed by atoms with Crippen molar-refractivity contribution >= 4 is 5.69 Å². The molecule has 0 aliphatic carbocycles. The first-order valence-corrected chi connectivity index (χ1v) is 5.74. The van der Waals surface area contributed by atoms with Crippen molar-refractivity contribution in [3.63, 3.8) is 0 Å². The first kappa shape index (κ1) is 13.0. The first-order chi connectivity index (χ1) is 7.51. The third-order valence-corrected chi connectivity index (χ3v) is 2.86. The molecular weight excluding hydrogens is 205 g/mol. The molecule has 0 aliphatic rings. The molecule has 1 atom stereocenters. The minimum absolute atomic E-state index is 0.258.